The summed E-state index contributed by atoms with van der Waals surface area (Å²) in [7, 11) is 0. The van der Waals surface area contributed by atoms with E-state index in [-0.39, 0.29) is 0 Å². The summed E-state index contributed by atoms with van der Waals surface area (Å²) in [6.45, 7) is 4.33. The fourth-order valence-electron chi connectivity index (χ4n) is 3.72. The van der Waals surface area contributed by atoms with Crippen LogP contribution in [0.25, 0.3) is 0 Å². The zero-order valence-electron chi connectivity index (χ0n) is 11.3. The van der Waals surface area contributed by atoms with Crippen molar-refractivity contribution in [1.29, 1.82) is 0 Å². The van der Waals surface area contributed by atoms with Crippen molar-refractivity contribution in [3.05, 3.63) is 23.7 Å². The van der Waals surface area contributed by atoms with E-state index < -0.39 is 0 Å². The summed E-state index contributed by atoms with van der Waals surface area (Å²) < 4.78 is 5.61. The fraction of sp³-hybridized carbons (Fsp3) is 0.733. The summed E-state index contributed by atoms with van der Waals surface area (Å²) >= 11 is 0. The first-order valence-corrected chi connectivity index (χ1v) is 7.31. The Kier molecular flexibility index (Phi) is 3.44. The normalized spacial score (nSPS) is 33.3. The third kappa shape index (κ3) is 2.10. The minimum atomic E-state index is 0.550. The molecule has 3 rings (SSSR count). The van der Waals surface area contributed by atoms with Crippen molar-refractivity contribution in [2.45, 2.75) is 51.1 Å². The van der Waals surface area contributed by atoms with Crippen LogP contribution in [0.1, 0.15) is 50.0 Å². The Hall–Kier alpha value is -0.800. The lowest BCUT2D eigenvalue weighted by Gasteiger charge is -2.44. The molecule has 1 aliphatic carbocycles. The predicted molar refractivity (Wildman–Crippen MR) is 72.3 cm³/mol. The number of hydrogen-bond acceptors (Lipinski definition) is 3. The van der Waals surface area contributed by atoms with Gasteiger partial charge in [-0.05, 0) is 44.2 Å². The number of piperidine rings is 1. The summed E-state index contributed by atoms with van der Waals surface area (Å²) in [6.07, 6.45) is 8.02. The molecule has 18 heavy (non-hydrogen) atoms. The predicted octanol–water partition coefficient (Wildman–Crippen LogP) is 2.72. The second-order valence-electron chi connectivity index (χ2n) is 5.96. The molecule has 0 bridgehead atoms. The van der Waals surface area contributed by atoms with Gasteiger partial charge in [-0.15, -0.1) is 0 Å². The van der Waals surface area contributed by atoms with Crippen LogP contribution in [0.4, 0.5) is 0 Å². The Balaban J connectivity index is 1.83. The molecule has 3 nitrogen and oxygen atoms in total. The first-order chi connectivity index (χ1) is 8.79. The van der Waals surface area contributed by atoms with Crippen LogP contribution in [0, 0.1) is 5.92 Å². The number of nitrogens with zero attached hydrogens (tertiary/aromatic N) is 1. The minimum absolute atomic E-state index is 0.550. The van der Waals surface area contributed by atoms with E-state index in [1.165, 1.54) is 43.6 Å². The van der Waals surface area contributed by atoms with E-state index in [9.17, 15) is 0 Å². The molecule has 0 spiro atoms. The van der Waals surface area contributed by atoms with Gasteiger partial charge in [0.05, 0.1) is 6.26 Å². The van der Waals surface area contributed by atoms with Gasteiger partial charge in [-0.1, -0.05) is 6.92 Å². The molecule has 0 amide bonds. The van der Waals surface area contributed by atoms with E-state index in [1.54, 1.807) is 0 Å². The standard InChI is InChI=1S/C15H24N2O/c1-11-5-7-17(12(9-11)10-16)14-3-2-4-15-13(14)6-8-18-15/h6,8,11-12,14H,2-5,7,9-10,16H2,1H3. The summed E-state index contributed by atoms with van der Waals surface area (Å²) in [4.78, 5) is 2.65. The zero-order chi connectivity index (χ0) is 12.5. The molecule has 3 unspecified atom stereocenters. The fourth-order valence-corrected chi connectivity index (χ4v) is 3.72. The van der Waals surface area contributed by atoms with Crippen LogP contribution in [0.15, 0.2) is 16.7 Å². The van der Waals surface area contributed by atoms with Crippen LogP contribution >= 0.6 is 0 Å². The largest absolute Gasteiger partial charge is 0.469 e. The van der Waals surface area contributed by atoms with Crippen molar-refractivity contribution in [2.75, 3.05) is 13.1 Å². The summed E-state index contributed by atoms with van der Waals surface area (Å²) in [5, 5.41) is 0. The second kappa shape index (κ2) is 5.06. The highest BCUT2D eigenvalue weighted by atomic mass is 16.3. The van der Waals surface area contributed by atoms with Crippen molar-refractivity contribution in [3.63, 3.8) is 0 Å². The summed E-state index contributed by atoms with van der Waals surface area (Å²) in [5.74, 6) is 2.03. The Morgan fingerprint density at radius 3 is 3.17 bits per heavy atom. The van der Waals surface area contributed by atoms with E-state index in [1.807, 2.05) is 6.26 Å². The summed E-state index contributed by atoms with van der Waals surface area (Å²) in [6, 6.07) is 3.28. The zero-order valence-corrected chi connectivity index (χ0v) is 11.3. The lowest BCUT2D eigenvalue weighted by atomic mass is 9.86. The molecule has 0 saturated carbocycles. The molecule has 1 aliphatic heterocycles. The van der Waals surface area contributed by atoms with Gasteiger partial charge in [0.15, 0.2) is 0 Å². The maximum Gasteiger partial charge on any atom is 0.108 e. The van der Waals surface area contributed by atoms with Gasteiger partial charge in [-0.3, -0.25) is 4.90 Å². The third-order valence-electron chi connectivity index (χ3n) is 4.72. The Bertz CT molecular complexity index is 401. The lowest BCUT2D eigenvalue weighted by molar-refractivity contribution is 0.0658. The van der Waals surface area contributed by atoms with Crippen LogP contribution < -0.4 is 5.73 Å². The second-order valence-corrected chi connectivity index (χ2v) is 5.96. The Labute approximate surface area is 109 Å². The molecular formula is C15H24N2O. The van der Waals surface area contributed by atoms with Crippen molar-refractivity contribution in [1.82, 2.24) is 4.90 Å². The average Bonchev–Trinajstić information content (AvgIpc) is 2.86. The van der Waals surface area contributed by atoms with Crippen molar-refractivity contribution >= 4 is 0 Å². The number of hydrogen-bond donors (Lipinski definition) is 1. The highest BCUT2D eigenvalue weighted by molar-refractivity contribution is 5.24. The molecule has 1 aromatic rings. The van der Waals surface area contributed by atoms with Crippen LogP contribution in [0.3, 0.4) is 0 Å². The number of rotatable bonds is 2. The van der Waals surface area contributed by atoms with Gasteiger partial charge in [-0.25, -0.2) is 0 Å². The number of furan rings is 1. The SMILES string of the molecule is CC1CCN(C2CCCc3occc32)C(CN)C1. The highest BCUT2D eigenvalue weighted by Gasteiger charge is 2.34. The molecule has 1 saturated heterocycles. The number of likely N-dealkylation sites (tertiary alicyclic amines) is 1. The van der Waals surface area contributed by atoms with E-state index in [4.69, 9.17) is 10.2 Å². The summed E-state index contributed by atoms with van der Waals surface area (Å²) in [5.41, 5.74) is 7.42. The molecule has 1 aromatic heterocycles. The molecule has 0 aromatic carbocycles. The van der Waals surface area contributed by atoms with Gasteiger partial charge in [0.1, 0.15) is 5.76 Å². The lowest BCUT2D eigenvalue weighted by Crippen LogP contribution is -2.48. The van der Waals surface area contributed by atoms with Crippen LogP contribution in [0.5, 0.6) is 0 Å². The van der Waals surface area contributed by atoms with Crippen LogP contribution in [0.2, 0.25) is 0 Å². The monoisotopic (exact) mass is 248 g/mol. The Morgan fingerprint density at radius 1 is 1.44 bits per heavy atom. The van der Waals surface area contributed by atoms with Gasteiger partial charge in [0.25, 0.3) is 0 Å². The Morgan fingerprint density at radius 2 is 2.33 bits per heavy atom. The number of nitrogens with two attached hydrogens (primary N) is 1. The van der Waals surface area contributed by atoms with E-state index >= 15 is 0 Å². The molecule has 2 heterocycles. The van der Waals surface area contributed by atoms with Gasteiger partial charge in [-0.2, -0.15) is 0 Å². The highest BCUT2D eigenvalue weighted by Crippen LogP contribution is 2.38. The van der Waals surface area contributed by atoms with Crippen molar-refractivity contribution in [2.24, 2.45) is 11.7 Å². The maximum atomic E-state index is 5.99. The average molecular weight is 248 g/mol. The van der Waals surface area contributed by atoms with Gasteiger partial charge in [0.2, 0.25) is 0 Å². The molecular weight excluding hydrogens is 224 g/mol. The van der Waals surface area contributed by atoms with E-state index in [0.717, 1.165) is 18.9 Å². The van der Waals surface area contributed by atoms with E-state index in [0.29, 0.717) is 12.1 Å². The molecule has 3 heteroatoms. The quantitative estimate of drug-likeness (QED) is 0.875. The first kappa shape index (κ1) is 12.2. The molecule has 3 atom stereocenters. The maximum absolute atomic E-state index is 5.99. The molecule has 0 radical (unpaired) electrons. The number of fused-ring (bicyclic) bond motifs is 1. The smallest absolute Gasteiger partial charge is 0.108 e. The molecule has 100 valence electrons. The van der Waals surface area contributed by atoms with Gasteiger partial charge < -0.3 is 10.2 Å². The molecule has 1 fully saturated rings. The van der Waals surface area contributed by atoms with Crippen LogP contribution in [-0.4, -0.2) is 24.0 Å². The third-order valence-corrected chi connectivity index (χ3v) is 4.72. The molecule has 2 aliphatic rings. The molecule has 2 N–H and O–H groups in total. The van der Waals surface area contributed by atoms with Crippen molar-refractivity contribution in [3.8, 4) is 0 Å². The van der Waals surface area contributed by atoms with Gasteiger partial charge >= 0.3 is 0 Å². The number of aryl methyl sites for hydroxylation is 1. The topological polar surface area (TPSA) is 42.4 Å². The first-order valence-electron chi connectivity index (χ1n) is 7.31. The van der Waals surface area contributed by atoms with E-state index in [2.05, 4.69) is 17.9 Å². The van der Waals surface area contributed by atoms with Gasteiger partial charge in [0, 0.05) is 30.6 Å². The minimum Gasteiger partial charge on any atom is -0.469 e. The van der Waals surface area contributed by atoms with Crippen LogP contribution in [-0.2, 0) is 6.42 Å². The van der Waals surface area contributed by atoms with Crippen molar-refractivity contribution < 1.29 is 4.42 Å².